The van der Waals surface area contributed by atoms with E-state index in [1.54, 1.807) is 0 Å². The monoisotopic (exact) mass is 242 g/mol. The van der Waals surface area contributed by atoms with Gasteiger partial charge >= 0.3 is 0 Å². The minimum Gasteiger partial charge on any atom is -0.417 e. The zero-order valence-electron chi connectivity index (χ0n) is 11.1. The molecule has 0 aromatic carbocycles. The Labute approximate surface area is 108 Å². The Balaban J connectivity index is 2.21. The van der Waals surface area contributed by atoms with Gasteiger partial charge in [0.15, 0.2) is 0 Å². The first kappa shape index (κ1) is 12.6. The van der Waals surface area contributed by atoms with Gasteiger partial charge in [-0.15, -0.1) is 10.2 Å². The highest BCUT2D eigenvalue weighted by Gasteiger charge is 2.13. The van der Waals surface area contributed by atoms with Crippen molar-refractivity contribution in [2.45, 2.75) is 33.6 Å². The van der Waals surface area contributed by atoms with Crippen molar-refractivity contribution >= 4 is 11.1 Å². The summed E-state index contributed by atoms with van der Waals surface area (Å²) in [5, 5.41) is 8.20. The van der Waals surface area contributed by atoms with Crippen LogP contribution in [-0.2, 0) is 0 Å². The molecule has 3 nitrogen and oxygen atoms in total. The standard InChI is InChI=1S/C15H18N2O/c1-4-5-6-12(3)14-16-17-15(18-14)13-9-7-11(2)8-10-13/h4-7,9H,8,10H2,1-3H3/b5-4-,12-6+. The molecule has 0 amide bonds. The van der Waals surface area contributed by atoms with Crippen LogP contribution < -0.4 is 0 Å². The Bertz CT molecular complexity index is 545. The summed E-state index contributed by atoms with van der Waals surface area (Å²) in [5.41, 5.74) is 3.50. The number of hydrogen-bond donors (Lipinski definition) is 0. The average molecular weight is 242 g/mol. The van der Waals surface area contributed by atoms with Crippen LogP contribution in [0.4, 0.5) is 0 Å². The van der Waals surface area contributed by atoms with Crippen LogP contribution >= 0.6 is 0 Å². The summed E-state index contributed by atoms with van der Waals surface area (Å²) < 4.78 is 5.70. The molecule has 0 saturated heterocycles. The zero-order valence-corrected chi connectivity index (χ0v) is 11.1. The number of aromatic nitrogens is 2. The molecule has 1 aliphatic rings. The fourth-order valence-corrected chi connectivity index (χ4v) is 1.74. The lowest BCUT2D eigenvalue weighted by Crippen LogP contribution is -1.91. The third-order valence-electron chi connectivity index (χ3n) is 2.93. The lowest BCUT2D eigenvalue weighted by atomic mass is 10.00. The molecule has 94 valence electrons. The highest BCUT2D eigenvalue weighted by molar-refractivity contribution is 5.64. The van der Waals surface area contributed by atoms with Gasteiger partial charge in [0.2, 0.25) is 11.8 Å². The molecule has 0 saturated carbocycles. The highest BCUT2D eigenvalue weighted by Crippen LogP contribution is 2.26. The zero-order chi connectivity index (χ0) is 13.0. The molecule has 0 fully saturated rings. The molecule has 18 heavy (non-hydrogen) atoms. The van der Waals surface area contributed by atoms with Gasteiger partial charge in [-0.25, -0.2) is 0 Å². The lowest BCUT2D eigenvalue weighted by molar-refractivity contribution is 0.521. The topological polar surface area (TPSA) is 38.9 Å². The van der Waals surface area contributed by atoms with Crippen molar-refractivity contribution in [2.24, 2.45) is 0 Å². The molecule has 0 radical (unpaired) electrons. The third kappa shape index (κ3) is 2.86. The normalized spacial score (nSPS) is 16.9. The second kappa shape index (κ2) is 5.63. The van der Waals surface area contributed by atoms with Gasteiger partial charge in [0, 0.05) is 11.1 Å². The van der Waals surface area contributed by atoms with Crippen LogP contribution in [0, 0.1) is 0 Å². The maximum absolute atomic E-state index is 5.70. The quantitative estimate of drug-likeness (QED) is 0.746. The van der Waals surface area contributed by atoms with Gasteiger partial charge < -0.3 is 4.42 Å². The Morgan fingerprint density at radius 3 is 2.78 bits per heavy atom. The van der Waals surface area contributed by atoms with Crippen LogP contribution in [0.5, 0.6) is 0 Å². The molecule has 0 spiro atoms. The predicted molar refractivity (Wildman–Crippen MR) is 73.7 cm³/mol. The van der Waals surface area contributed by atoms with Crippen LogP contribution in [0.2, 0.25) is 0 Å². The van der Waals surface area contributed by atoms with E-state index >= 15 is 0 Å². The van der Waals surface area contributed by atoms with E-state index in [1.807, 2.05) is 32.1 Å². The third-order valence-corrected chi connectivity index (χ3v) is 2.93. The van der Waals surface area contributed by atoms with Gasteiger partial charge in [0.05, 0.1) is 0 Å². The van der Waals surface area contributed by atoms with Gasteiger partial charge in [-0.05, 0) is 33.6 Å². The molecule has 0 atom stereocenters. The van der Waals surface area contributed by atoms with Crippen LogP contribution in [0.3, 0.4) is 0 Å². The van der Waals surface area contributed by atoms with Crippen LogP contribution in [0.25, 0.3) is 11.1 Å². The maximum Gasteiger partial charge on any atom is 0.244 e. The summed E-state index contributed by atoms with van der Waals surface area (Å²) in [7, 11) is 0. The number of allylic oxidation sites excluding steroid dienone is 8. The molecule has 1 aliphatic carbocycles. The summed E-state index contributed by atoms with van der Waals surface area (Å²) in [5.74, 6) is 1.23. The highest BCUT2D eigenvalue weighted by atomic mass is 16.4. The van der Waals surface area contributed by atoms with Crippen molar-refractivity contribution in [2.75, 3.05) is 0 Å². The number of rotatable bonds is 3. The predicted octanol–water partition coefficient (Wildman–Crippen LogP) is 4.17. The second-order valence-electron chi connectivity index (χ2n) is 4.49. The Hall–Kier alpha value is -1.90. The first-order valence-corrected chi connectivity index (χ1v) is 6.21. The molecular formula is C15H18N2O. The van der Waals surface area contributed by atoms with Gasteiger partial charge in [-0.2, -0.15) is 0 Å². The van der Waals surface area contributed by atoms with E-state index in [9.17, 15) is 0 Å². The molecule has 1 heterocycles. The maximum atomic E-state index is 5.70. The number of hydrogen-bond acceptors (Lipinski definition) is 3. The van der Waals surface area contributed by atoms with Crippen molar-refractivity contribution in [1.29, 1.82) is 0 Å². The van der Waals surface area contributed by atoms with Gasteiger partial charge in [-0.1, -0.05) is 36.0 Å². The second-order valence-corrected chi connectivity index (χ2v) is 4.49. The summed E-state index contributed by atoms with van der Waals surface area (Å²) in [6, 6.07) is 0. The fraction of sp³-hybridized carbons (Fsp3) is 0.333. The molecule has 1 aromatic rings. The van der Waals surface area contributed by atoms with E-state index in [1.165, 1.54) is 5.57 Å². The van der Waals surface area contributed by atoms with Crippen molar-refractivity contribution in [3.8, 4) is 0 Å². The van der Waals surface area contributed by atoms with Crippen LogP contribution in [0.15, 0.2) is 40.4 Å². The van der Waals surface area contributed by atoms with Crippen molar-refractivity contribution in [1.82, 2.24) is 10.2 Å². The van der Waals surface area contributed by atoms with E-state index in [2.05, 4.69) is 29.3 Å². The Morgan fingerprint density at radius 2 is 2.11 bits per heavy atom. The lowest BCUT2D eigenvalue weighted by Gasteiger charge is -2.07. The van der Waals surface area contributed by atoms with Crippen molar-refractivity contribution < 1.29 is 4.42 Å². The summed E-state index contributed by atoms with van der Waals surface area (Å²) in [4.78, 5) is 0. The largest absolute Gasteiger partial charge is 0.417 e. The molecule has 2 rings (SSSR count). The summed E-state index contributed by atoms with van der Waals surface area (Å²) in [6.07, 6.45) is 12.1. The van der Waals surface area contributed by atoms with E-state index < -0.39 is 0 Å². The molecular weight excluding hydrogens is 224 g/mol. The van der Waals surface area contributed by atoms with Crippen LogP contribution in [0.1, 0.15) is 45.4 Å². The van der Waals surface area contributed by atoms with E-state index in [0.717, 1.165) is 24.0 Å². The Morgan fingerprint density at radius 1 is 1.28 bits per heavy atom. The van der Waals surface area contributed by atoms with Gasteiger partial charge in [-0.3, -0.25) is 0 Å². The summed E-state index contributed by atoms with van der Waals surface area (Å²) in [6.45, 7) is 6.08. The SMILES string of the molecule is C/C=C\C=C(/C)c1nnc(C2=CC=C(C)CC2)o1. The van der Waals surface area contributed by atoms with E-state index in [0.29, 0.717) is 11.8 Å². The first-order valence-electron chi connectivity index (χ1n) is 6.21. The van der Waals surface area contributed by atoms with Gasteiger partial charge in [0.25, 0.3) is 0 Å². The van der Waals surface area contributed by atoms with E-state index in [-0.39, 0.29) is 0 Å². The molecule has 3 heteroatoms. The summed E-state index contributed by atoms with van der Waals surface area (Å²) >= 11 is 0. The smallest absolute Gasteiger partial charge is 0.244 e. The minimum absolute atomic E-state index is 0.593. The van der Waals surface area contributed by atoms with Crippen molar-refractivity contribution in [3.63, 3.8) is 0 Å². The molecule has 0 bridgehead atoms. The minimum atomic E-state index is 0.593. The first-order chi connectivity index (χ1) is 8.70. The molecule has 0 unspecified atom stereocenters. The van der Waals surface area contributed by atoms with Crippen LogP contribution in [-0.4, -0.2) is 10.2 Å². The fourth-order valence-electron chi connectivity index (χ4n) is 1.74. The van der Waals surface area contributed by atoms with Crippen molar-refractivity contribution in [3.05, 3.63) is 47.7 Å². The van der Waals surface area contributed by atoms with Gasteiger partial charge in [0.1, 0.15) is 0 Å². The number of nitrogens with zero attached hydrogens (tertiary/aromatic N) is 2. The Kier molecular flexibility index (Phi) is 3.92. The average Bonchev–Trinajstić information content (AvgIpc) is 2.86. The molecule has 0 aliphatic heterocycles. The molecule has 1 aromatic heterocycles. The molecule has 0 N–H and O–H groups in total. The van der Waals surface area contributed by atoms with E-state index in [4.69, 9.17) is 4.42 Å².